The average molecular weight is 499 g/mol. The van der Waals surface area contributed by atoms with Gasteiger partial charge in [-0.15, -0.1) is 0 Å². The highest BCUT2D eigenvalue weighted by Gasteiger charge is 2.29. The lowest BCUT2D eigenvalue weighted by Crippen LogP contribution is -2.20. The van der Waals surface area contributed by atoms with Crippen LogP contribution in [-0.2, 0) is 6.61 Å². The summed E-state index contributed by atoms with van der Waals surface area (Å²) in [4.78, 5) is 15.4. The van der Waals surface area contributed by atoms with Crippen molar-refractivity contribution in [2.24, 2.45) is 5.41 Å². The van der Waals surface area contributed by atoms with E-state index in [2.05, 4.69) is 51.0 Å². The number of fused-ring (bicyclic) bond motifs is 1. The molecule has 0 bridgehead atoms. The molecule has 0 saturated carbocycles. The molecule has 4 aromatic rings. The van der Waals surface area contributed by atoms with Crippen LogP contribution in [0.15, 0.2) is 61.1 Å². The molecule has 1 aliphatic rings. The molecule has 1 atom stereocenters. The molecule has 1 aliphatic heterocycles. The first-order valence-corrected chi connectivity index (χ1v) is 12.1. The Morgan fingerprint density at radius 3 is 2.81 bits per heavy atom. The Labute approximate surface area is 215 Å². The third kappa shape index (κ3) is 5.35. The molecule has 0 aliphatic carbocycles. The van der Waals surface area contributed by atoms with Crippen molar-refractivity contribution in [3.05, 3.63) is 77.3 Å². The minimum absolute atomic E-state index is 0.0265. The summed E-state index contributed by atoms with van der Waals surface area (Å²) in [5, 5.41) is 4.61. The third-order valence-electron chi connectivity index (χ3n) is 6.27. The monoisotopic (exact) mass is 498 g/mol. The molecule has 8 heteroatoms. The van der Waals surface area contributed by atoms with Gasteiger partial charge in [-0.05, 0) is 69.4 Å². The zero-order valence-corrected chi connectivity index (χ0v) is 21.0. The van der Waals surface area contributed by atoms with Crippen molar-refractivity contribution >= 4 is 39.7 Å². The van der Waals surface area contributed by atoms with Gasteiger partial charge < -0.3 is 20.7 Å². The van der Waals surface area contributed by atoms with Crippen molar-refractivity contribution in [2.45, 2.75) is 20.0 Å². The fourth-order valence-corrected chi connectivity index (χ4v) is 4.54. The molecule has 7 nitrogen and oxygen atoms in total. The fourth-order valence-electron chi connectivity index (χ4n) is 4.31. The summed E-state index contributed by atoms with van der Waals surface area (Å²) in [5.41, 5.74) is 10.1. The van der Waals surface area contributed by atoms with Crippen molar-refractivity contribution in [3.63, 3.8) is 0 Å². The number of aromatic nitrogens is 3. The first kappa shape index (κ1) is 23.9. The zero-order valence-electron chi connectivity index (χ0n) is 20.3. The van der Waals surface area contributed by atoms with E-state index < -0.39 is 0 Å². The molecule has 0 amide bonds. The number of likely N-dealkylation sites (tertiary alicyclic amines) is 1. The molecule has 5 rings (SSSR count). The normalized spacial score (nSPS) is 17.5. The van der Waals surface area contributed by atoms with Gasteiger partial charge in [0, 0.05) is 40.5 Å². The van der Waals surface area contributed by atoms with E-state index in [1.54, 1.807) is 12.3 Å². The second kappa shape index (κ2) is 10.0. The number of hydrogen-bond acceptors (Lipinski definition) is 7. The molecule has 3 heterocycles. The largest absolute Gasteiger partial charge is 0.486 e. The summed E-state index contributed by atoms with van der Waals surface area (Å²) in [6.07, 6.45) is 4.31. The lowest BCUT2D eigenvalue weighted by atomic mass is 9.90. The van der Waals surface area contributed by atoms with Crippen molar-refractivity contribution < 1.29 is 4.74 Å². The number of benzene rings is 2. The highest BCUT2D eigenvalue weighted by molar-refractivity contribution is 6.32. The van der Waals surface area contributed by atoms with Gasteiger partial charge in [-0.3, -0.25) is 4.98 Å². The van der Waals surface area contributed by atoms with Gasteiger partial charge >= 0.3 is 0 Å². The van der Waals surface area contributed by atoms with E-state index in [0.717, 1.165) is 47.4 Å². The number of pyridine rings is 1. The molecule has 1 fully saturated rings. The van der Waals surface area contributed by atoms with Crippen LogP contribution < -0.4 is 15.8 Å². The van der Waals surface area contributed by atoms with Crippen LogP contribution in [0.3, 0.4) is 0 Å². The van der Waals surface area contributed by atoms with Gasteiger partial charge in [0.2, 0.25) is 0 Å². The number of nitrogens with one attached hydrogen (secondary N) is 1. The van der Waals surface area contributed by atoms with E-state index in [0.29, 0.717) is 28.9 Å². The minimum Gasteiger partial charge on any atom is -0.486 e. The number of nitrogens with zero attached hydrogens (tertiary/aromatic N) is 4. The summed E-state index contributed by atoms with van der Waals surface area (Å²) in [6, 6.07) is 15.0. The van der Waals surface area contributed by atoms with Gasteiger partial charge in [-0.2, -0.15) is 0 Å². The molecule has 1 unspecified atom stereocenters. The van der Waals surface area contributed by atoms with Gasteiger partial charge in [0.15, 0.2) is 0 Å². The van der Waals surface area contributed by atoms with E-state index in [4.69, 9.17) is 22.1 Å². The first-order chi connectivity index (χ1) is 17.4. The van der Waals surface area contributed by atoms with Gasteiger partial charge in [0.25, 0.3) is 0 Å². The standard InChI is InChI=1S/C28H27ClN6O/c1-28(10-12-35(2)17-28)9-8-19-13-25-22(15-24(19)30)27(33-18-32-25)34-20-6-7-26(23(29)14-20)36-16-21-5-3-4-11-31-21/h3-7,11,13-15,18H,10,12,16-17,30H2,1-2H3,(H,32,33,34). The lowest BCUT2D eigenvalue weighted by Gasteiger charge is -2.15. The maximum Gasteiger partial charge on any atom is 0.141 e. The maximum atomic E-state index is 6.48. The van der Waals surface area contributed by atoms with Gasteiger partial charge in [-0.1, -0.05) is 29.5 Å². The summed E-state index contributed by atoms with van der Waals surface area (Å²) >= 11 is 6.48. The molecule has 36 heavy (non-hydrogen) atoms. The molecule has 2 aromatic carbocycles. The zero-order chi connectivity index (χ0) is 25.1. The average Bonchev–Trinajstić information content (AvgIpc) is 3.22. The summed E-state index contributed by atoms with van der Waals surface area (Å²) < 4.78 is 5.82. The van der Waals surface area contributed by atoms with Gasteiger partial charge in [-0.25, -0.2) is 9.97 Å². The predicted molar refractivity (Wildman–Crippen MR) is 144 cm³/mol. The Hall–Kier alpha value is -3.86. The Balaban J connectivity index is 1.35. The van der Waals surface area contributed by atoms with Crippen LogP contribution in [0.1, 0.15) is 24.6 Å². The van der Waals surface area contributed by atoms with Crippen LogP contribution in [0.4, 0.5) is 17.2 Å². The first-order valence-electron chi connectivity index (χ1n) is 11.7. The predicted octanol–water partition coefficient (Wildman–Crippen LogP) is 5.28. The number of anilines is 3. The number of nitrogens with two attached hydrogens (primary N) is 1. The Morgan fingerprint density at radius 1 is 1.17 bits per heavy atom. The van der Waals surface area contributed by atoms with E-state index in [1.165, 1.54) is 6.33 Å². The van der Waals surface area contributed by atoms with E-state index in [9.17, 15) is 0 Å². The van der Waals surface area contributed by atoms with Crippen molar-refractivity contribution in [1.29, 1.82) is 0 Å². The summed E-state index contributed by atoms with van der Waals surface area (Å²) in [7, 11) is 2.12. The molecule has 2 aromatic heterocycles. The number of ether oxygens (including phenoxy) is 1. The fraction of sp³-hybridized carbons (Fsp3) is 0.250. The number of hydrogen-bond donors (Lipinski definition) is 2. The third-order valence-corrected chi connectivity index (χ3v) is 6.56. The molecule has 1 saturated heterocycles. The van der Waals surface area contributed by atoms with Crippen molar-refractivity contribution in [3.8, 4) is 17.6 Å². The van der Waals surface area contributed by atoms with Crippen molar-refractivity contribution in [1.82, 2.24) is 19.9 Å². The smallest absolute Gasteiger partial charge is 0.141 e. The van der Waals surface area contributed by atoms with Crippen LogP contribution >= 0.6 is 11.6 Å². The lowest BCUT2D eigenvalue weighted by molar-refractivity contribution is 0.301. The topological polar surface area (TPSA) is 89.2 Å². The van der Waals surface area contributed by atoms with Gasteiger partial charge in [0.1, 0.15) is 24.5 Å². The van der Waals surface area contributed by atoms with Gasteiger partial charge in [0.05, 0.1) is 16.2 Å². The van der Waals surface area contributed by atoms with Crippen molar-refractivity contribution in [2.75, 3.05) is 31.2 Å². The van der Waals surface area contributed by atoms with Crippen LogP contribution in [0.25, 0.3) is 10.9 Å². The van der Waals surface area contributed by atoms with Crippen LogP contribution in [0.2, 0.25) is 5.02 Å². The highest BCUT2D eigenvalue weighted by Crippen LogP contribution is 2.32. The molecular weight excluding hydrogens is 472 g/mol. The number of rotatable bonds is 5. The molecule has 0 radical (unpaired) electrons. The summed E-state index contributed by atoms with van der Waals surface area (Å²) in [6.45, 7) is 4.55. The Morgan fingerprint density at radius 2 is 2.06 bits per heavy atom. The maximum absolute atomic E-state index is 6.48. The van der Waals surface area contributed by atoms with Crippen LogP contribution in [0.5, 0.6) is 5.75 Å². The highest BCUT2D eigenvalue weighted by atomic mass is 35.5. The molecular formula is C28H27ClN6O. The van der Waals surface area contributed by atoms with E-state index in [-0.39, 0.29) is 5.41 Å². The van der Waals surface area contributed by atoms with E-state index >= 15 is 0 Å². The summed E-state index contributed by atoms with van der Waals surface area (Å²) in [5.74, 6) is 7.94. The molecule has 182 valence electrons. The Kier molecular flexibility index (Phi) is 6.64. The second-order valence-electron chi connectivity index (χ2n) is 9.36. The van der Waals surface area contributed by atoms with Crippen LogP contribution in [-0.4, -0.2) is 40.0 Å². The SMILES string of the molecule is CN1CCC(C)(C#Cc2cc3ncnc(Nc4ccc(OCc5ccccn5)c(Cl)c4)c3cc2N)C1. The van der Waals surface area contributed by atoms with E-state index in [1.807, 2.05) is 42.5 Å². The molecule has 3 N–H and O–H groups in total. The number of nitrogen functional groups attached to an aromatic ring is 1. The molecule has 0 spiro atoms. The Bertz CT molecular complexity index is 1470. The van der Waals surface area contributed by atoms with Crippen LogP contribution in [0, 0.1) is 17.3 Å². The quantitative estimate of drug-likeness (QED) is 0.286. The minimum atomic E-state index is -0.0265. The second-order valence-corrected chi connectivity index (χ2v) is 9.76. The number of halogens is 1.